The number of nitrogens with zero attached hydrogens (tertiary/aromatic N) is 2. The minimum absolute atomic E-state index is 0.0772. The van der Waals surface area contributed by atoms with E-state index in [-0.39, 0.29) is 11.8 Å². The fourth-order valence-electron chi connectivity index (χ4n) is 3.74. The van der Waals surface area contributed by atoms with E-state index in [1.54, 1.807) is 0 Å². The molecule has 2 aliphatic rings. The van der Waals surface area contributed by atoms with Gasteiger partial charge in [0.15, 0.2) is 0 Å². The van der Waals surface area contributed by atoms with Gasteiger partial charge in [0.25, 0.3) is 0 Å². The Bertz CT molecular complexity index is 490. The van der Waals surface area contributed by atoms with Gasteiger partial charge >= 0.3 is 0 Å². The van der Waals surface area contributed by atoms with Crippen LogP contribution in [0.1, 0.15) is 30.7 Å². The Hall–Kier alpha value is -1.59. The third kappa shape index (κ3) is 3.04. The summed E-state index contributed by atoms with van der Waals surface area (Å²) in [6, 6.07) is 11.2. The molecule has 3 atom stereocenters. The first-order chi connectivity index (χ1) is 10.3. The molecule has 21 heavy (non-hydrogen) atoms. The van der Waals surface area contributed by atoms with Crippen LogP contribution in [0.4, 0.5) is 0 Å². The standard InChI is InChI=1S/C16H24N4O/c17-16(19-21)13(12-5-2-1-3-6-12)11-18-14-8-10-20-9-4-7-15(14)20/h1-3,5-6,13-15,18,21H,4,7-11H2,(H2,17,19). The second kappa shape index (κ2) is 6.45. The molecule has 114 valence electrons. The van der Waals surface area contributed by atoms with Crippen LogP contribution >= 0.6 is 0 Å². The Morgan fingerprint density at radius 2 is 2.14 bits per heavy atom. The van der Waals surface area contributed by atoms with Crippen molar-refractivity contribution in [3.63, 3.8) is 0 Å². The second-order valence-electron chi connectivity index (χ2n) is 6.04. The maximum atomic E-state index is 9.04. The molecule has 3 rings (SSSR count). The Kier molecular flexibility index (Phi) is 4.41. The fourth-order valence-corrected chi connectivity index (χ4v) is 3.74. The molecule has 0 aliphatic carbocycles. The molecule has 1 aromatic carbocycles. The molecular weight excluding hydrogens is 264 g/mol. The van der Waals surface area contributed by atoms with Crippen LogP contribution in [-0.2, 0) is 0 Å². The van der Waals surface area contributed by atoms with E-state index in [2.05, 4.69) is 15.4 Å². The summed E-state index contributed by atoms with van der Waals surface area (Å²) in [4.78, 5) is 2.58. The highest BCUT2D eigenvalue weighted by molar-refractivity contribution is 5.87. The van der Waals surface area contributed by atoms with Gasteiger partial charge in [-0.3, -0.25) is 4.90 Å². The van der Waals surface area contributed by atoms with Gasteiger partial charge in [0, 0.05) is 25.2 Å². The van der Waals surface area contributed by atoms with E-state index < -0.39 is 0 Å². The predicted octanol–water partition coefficient (Wildman–Crippen LogP) is 1.34. The van der Waals surface area contributed by atoms with Crippen molar-refractivity contribution in [3.8, 4) is 0 Å². The van der Waals surface area contributed by atoms with Crippen LogP contribution < -0.4 is 11.1 Å². The average Bonchev–Trinajstić information content (AvgIpc) is 3.12. The topological polar surface area (TPSA) is 73.9 Å². The molecule has 1 aromatic rings. The van der Waals surface area contributed by atoms with E-state index in [4.69, 9.17) is 10.9 Å². The van der Waals surface area contributed by atoms with Crippen molar-refractivity contribution in [3.05, 3.63) is 35.9 Å². The summed E-state index contributed by atoms with van der Waals surface area (Å²) < 4.78 is 0. The number of rotatable bonds is 5. The molecule has 3 unspecified atom stereocenters. The summed E-state index contributed by atoms with van der Waals surface area (Å²) in [6.45, 7) is 3.15. The summed E-state index contributed by atoms with van der Waals surface area (Å²) in [7, 11) is 0. The highest BCUT2D eigenvalue weighted by Crippen LogP contribution is 2.28. The number of hydrogen-bond donors (Lipinski definition) is 3. The van der Waals surface area contributed by atoms with Crippen molar-refractivity contribution >= 4 is 5.84 Å². The van der Waals surface area contributed by atoms with Gasteiger partial charge in [0.1, 0.15) is 5.84 Å². The maximum Gasteiger partial charge on any atom is 0.147 e. The van der Waals surface area contributed by atoms with Crippen molar-refractivity contribution in [2.45, 2.75) is 37.3 Å². The molecule has 2 aliphatic heterocycles. The summed E-state index contributed by atoms with van der Waals surface area (Å²) in [6.07, 6.45) is 3.80. The molecular formula is C16H24N4O. The van der Waals surface area contributed by atoms with Crippen LogP contribution in [0.3, 0.4) is 0 Å². The lowest BCUT2D eigenvalue weighted by Gasteiger charge is -2.24. The normalized spacial score (nSPS) is 27.7. The first-order valence-corrected chi connectivity index (χ1v) is 7.79. The quantitative estimate of drug-likeness (QED) is 0.331. The van der Waals surface area contributed by atoms with Gasteiger partial charge in [-0.25, -0.2) is 0 Å². The molecule has 5 nitrogen and oxygen atoms in total. The van der Waals surface area contributed by atoms with Crippen molar-refractivity contribution in [2.75, 3.05) is 19.6 Å². The Morgan fingerprint density at radius 3 is 2.90 bits per heavy atom. The van der Waals surface area contributed by atoms with Gasteiger partial charge in [-0.05, 0) is 31.4 Å². The Balaban J connectivity index is 1.65. The van der Waals surface area contributed by atoms with E-state index in [1.165, 1.54) is 32.4 Å². The molecule has 0 bridgehead atoms. The van der Waals surface area contributed by atoms with Crippen LogP contribution in [-0.4, -0.2) is 47.7 Å². The largest absolute Gasteiger partial charge is 0.409 e. The number of nitrogens with two attached hydrogens (primary N) is 1. The van der Waals surface area contributed by atoms with Crippen LogP contribution in [0.5, 0.6) is 0 Å². The zero-order chi connectivity index (χ0) is 14.7. The second-order valence-corrected chi connectivity index (χ2v) is 6.04. The molecule has 2 fully saturated rings. The van der Waals surface area contributed by atoms with E-state index in [9.17, 15) is 0 Å². The van der Waals surface area contributed by atoms with Gasteiger partial charge < -0.3 is 16.3 Å². The van der Waals surface area contributed by atoms with E-state index in [0.29, 0.717) is 12.1 Å². The number of amidine groups is 1. The minimum Gasteiger partial charge on any atom is -0.409 e. The molecule has 0 amide bonds. The predicted molar refractivity (Wildman–Crippen MR) is 83.6 cm³/mol. The van der Waals surface area contributed by atoms with E-state index in [0.717, 1.165) is 12.1 Å². The lowest BCUT2D eigenvalue weighted by atomic mass is 9.97. The van der Waals surface area contributed by atoms with Gasteiger partial charge in [-0.15, -0.1) is 0 Å². The summed E-state index contributed by atoms with van der Waals surface area (Å²) in [5.41, 5.74) is 6.98. The molecule has 2 heterocycles. The average molecular weight is 288 g/mol. The number of hydrogen-bond acceptors (Lipinski definition) is 4. The Morgan fingerprint density at radius 1 is 1.33 bits per heavy atom. The number of benzene rings is 1. The first-order valence-electron chi connectivity index (χ1n) is 7.79. The van der Waals surface area contributed by atoms with Crippen molar-refractivity contribution in [1.29, 1.82) is 0 Å². The number of oxime groups is 1. The van der Waals surface area contributed by atoms with Crippen molar-refractivity contribution in [2.24, 2.45) is 10.9 Å². The molecule has 0 spiro atoms. The van der Waals surface area contributed by atoms with Crippen LogP contribution in [0, 0.1) is 0 Å². The third-order valence-electron chi connectivity index (χ3n) is 4.86. The molecule has 4 N–H and O–H groups in total. The van der Waals surface area contributed by atoms with Gasteiger partial charge in [-0.2, -0.15) is 0 Å². The van der Waals surface area contributed by atoms with Gasteiger partial charge in [0.2, 0.25) is 0 Å². The highest BCUT2D eigenvalue weighted by Gasteiger charge is 2.37. The van der Waals surface area contributed by atoms with Gasteiger partial charge in [0.05, 0.1) is 5.92 Å². The number of nitrogens with one attached hydrogen (secondary N) is 1. The summed E-state index contributed by atoms with van der Waals surface area (Å²) in [5.74, 6) is 0.196. The third-order valence-corrected chi connectivity index (χ3v) is 4.86. The lowest BCUT2D eigenvalue weighted by Crippen LogP contribution is -2.42. The van der Waals surface area contributed by atoms with E-state index >= 15 is 0 Å². The van der Waals surface area contributed by atoms with Gasteiger partial charge in [-0.1, -0.05) is 35.5 Å². The van der Waals surface area contributed by atoms with Crippen molar-refractivity contribution < 1.29 is 5.21 Å². The molecule has 0 saturated carbocycles. The first kappa shape index (κ1) is 14.4. The minimum atomic E-state index is -0.0772. The SMILES string of the molecule is NC(=NO)C(CNC1CCN2CCCC12)c1ccccc1. The van der Waals surface area contributed by atoms with Crippen LogP contribution in [0.25, 0.3) is 0 Å². The Labute approximate surface area is 125 Å². The zero-order valence-corrected chi connectivity index (χ0v) is 12.3. The molecule has 0 aromatic heterocycles. The monoisotopic (exact) mass is 288 g/mol. The van der Waals surface area contributed by atoms with E-state index in [1.807, 2.05) is 30.3 Å². The summed E-state index contributed by atoms with van der Waals surface area (Å²) in [5, 5.41) is 15.9. The zero-order valence-electron chi connectivity index (χ0n) is 12.3. The smallest absolute Gasteiger partial charge is 0.147 e. The molecule has 5 heteroatoms. The van der Waals surface area contributed by atoms with Crippen LogP contribution in [0.15, 0.2) is 35.5 Å². The molecule has 0 radical (unpaired) electrons. The molecule has 2 saturated heterocycles. The van der Waals surface area contributed by atoms with Crippen LogP contribution in [0.2, 0.25) is 0 Å². The summed E-state index contributed by atoms with van der Waals surface area (Å²) >= 11 is 0. The lowest BCUT2D eigenvalue weighted by molar-refractivity contribution is 0.297. The maximum absolute atomic E-state index is 9.04. The van der Waals surface area contributed by atoms with Crippen molar-refractivity contribution in [1.82, 2.24) is 10.2 Å². The highest BCUT2D eigenvalue weighted by atomic mass is 16.4. The number of fused-ring (bicyclic) bond motifs is 1. The fraction of sp³-hybridized carbons (Fsp3) is 0.562.